The SMILES string of the molecule is CCCCn1nnnc1C(NCC1CCCC(CN)C1)c1ccc(OC)c([N+](=O)[O-])c1. The molecule has 1 aliphatic rings. The van der Waals surface area contributed by atoms with E-state index in [2.05, 4.69) is 27.8 Å². The van der Waals surface area contributed by atoms with Crippen LogP contribution >= 0.6 is 0 Å². The summed E-state index contributed by atoms with van der Waals surface area (Å²) in [5, 5.41) is 27.5. The fourth-order valence-corrected chi connectivity index (χ4v) is 4.36. The molecule has 31 heavy (non-hydrogen) atoms. The first-order valence-corrected chi connectivity index (χ1v) is 11.1. The summed E-state index contributed by atoms with van der Waals surface area (Å²) in [6, 6.07) is 4.67. The molecule has 3 unspecified atom stereocenters. The zero-order chi connectivity index (χ0) is 22.2. The molecule has 1 aromatic carbocycles. The summed E-state index contributed by atoms with van der Waals surface area (Å²) in [5.74, 6) is 1.98. The number of benzene rings is 1. The van der Waals surface area contributed by atoms with Crippen molar-refractivity contribution in [1.82, 2.24) is 25.5 Å². The largest absolute Gasteiger partial charge is 0.490 e. The molecule has 170 valence electrons. The van der Waals surface area contributed by atoms with E-state index in [1.165, 1.54) is 20.0 Å². The van der Waals surface area contributed by atoms with Gasteiger partial charge in [-0.15, -0.1) is 5.10 Å². The van der Waals surface area contributed by atoms with E-state index in [0.29, 0.717) is 24.2 Å². The molecule has 3 rings (SSSR count). The van der Waals surface area contributed by atoms with E-state index in [4.69, 9.17) is 10.5 Å². The topological polar surface area (TPSA) is 134 Å². The van der Waals surface area contributed by atoms with Crippen LogP contribution in [0.25, 0.3) is 0 Å². The fraction of sp³-hybridized carbons (Fsp3) is 0.667. The van der Waals surface area contributed by atoms with Crippen LogP contribution in [0, 0.1) is 22.0 Å². The highest BCUT2D eigenvalue weighted by atomic mass is 16.6. The summed E-state index contributed by atoms with van der Waals surface area (Å²) >= 11 is 0. The van der Waals surface area contributed by atoms with Gasteiger partial charge < -0.3 is 15.8 Å². The van der Waals surface area contributed by atoms with Gasteiger partial charge in [-0.1, -0.05) is 25.8 Å². The molecule has 3 N–H and O–H groups in total. The van der Waals surface area contributed by atoms with Crippen LogP contribution in [0.2, 0.25) is 0 Å². The van der Waals surface area contributed by atoms with Crippen LogP contribution in [0.5, 0.6) is 5.75 Å². The van der Waals surface area contributed by atoms with E-state index < -0.39 is 4.92 Å². The van der Waals surface area contributed by atoms with Gasteiger partial charge in [0.25, 0.3) is 0 Å². The Hall–Kier alpha value is -2.59. The van der Waals surface area contributed by atoms with Crippen molar-refractivity contribution >= 4 is 5.69 Å². The Morgan fingerprint density at radius 1 is 1.39 bits per heavy atom. The van der Waals surface area contributed by atoms with E-state index in [0.717, 1.165) is 44.3 Å². The minimum absolute atomic E-state index is 0.0692. The molecule has 1 saturated carbocycles. The molecule has 0 radical (unpaired) electrons. The summed E-state index contributed by atoms with van der Waals surface area (Å²) in [4.78, 5) is 11.1. The van der Waals surface area contributed by atoms with Crippen molar-refractivity contribution in [3.63, 3.8) is 0 Å². The van der Waals surface area contributed by atoms with E-state index in [-0.39, 0.29) is 17.5 Å². The molecule has 1 fully saturated rings. The number of rotatable bonds is 11. The van der Waals surface area contributed by atoms with Crippen LogP contribution in [-0.4, -0.2) is 45.3 Å². The summed E-state index contributed by atoms with van der Waals surface area (Å²) in [7, 11) is 1.43. The number of nitro benzene ring substituents is 1. The van der Waals surface area contributed by atoms with Gasteiger partial charge >= 0.3 is 5.69 Å². The standard InChI is InChI=1S/C21H33N7O3/c1-3-4-10-27-21(24-25-26-27)20(23-14-16-7-5-6-15(11-16)13-22)17-8-9-19(31-2)18(12-17)28(29)30/h8-9,12,15-16,20,23H,3-7,10-11,13-14,22H2,1-2H3. The number of nitrogens with one attached hydrogen (secondary N) is 1. The maximum Gasteiger partial charge on any atom is 0.311 e. The molecule has 0 amide bonds. The molecule has 1 aromatic heterocycles. The average molecular weight is 432 g/mol. The van der Waals surface area contributed by atoms with Gasteiger partial charge in [-0.05, 0) is 72.7 Å². The van der Waals surface area contributed by atoms with Gasteiger partial charge in [0, 0.05) is 12.6 Å². The number of hydrogen-bond acceptors (Lipinski definition) is 8. The lowest BCUT2D eigenvalue weighted by Gasteiger charge is -2.30. The maximum absolute atomic E-state index is 11.6. The summed E-state index contributed by atoms with van der Waals surface area (Å²) in [6.45, 7) is 4.32. The molecule has 2 aromatic rings. The molecule has 0 spiro atoms. The van der Waals surface area contributed by atoms with E-state index in [9.17, 15) is 10.1 Å². The second-order valence-corrected chi connectivity index (χ2v) is 8.28. The number of ether oxygens (including phenoxy) is 1. The van der Waals surface area contributed by atoms with Crippen LogP contribution in [0.4, 0.5) is 5.69 Å². The van der Waals surface area contributed by atoms with Crippen molar-refractivity contribution < 1.29 is 9.66 Å². The molecule has 0 aliphatic heterocycles. The van der Waals surface area contributed by atoms with Gasteiger partial charge in [0.2, 0.25) is 0 Å². The number of nitro groups is 1. The lowest BCUT2D eigenvalue weighted by molar-refractivity contribution is -0.385. The summed E-state index contributed by atoms with van der Waals surface area (Å²) in [5.41, 5.74) is 6.58. The highest BCUT2D eigenvalue weighted by molar-refractivity contribution is 5.50. The van der Waals surface area contributed by atoms with Crippen molar-refractivity contribution in [2.45, 2.75) is 58.0 Å². The lowest BCUT2D eigenvalue weighted by atomic mass is 9.81. The Morgan fingerprint density at radius 2 is 2.19 bits per heavy atom. The Labute approximate surface area is 182 Å². The summed E-state index contributed by atoms with van der Waals surface area (Å²) in [6.07, 6.45) is 6.60. The smallest absolute Gasteiger partial charge is 0.311 e. The number of tetrazole rings is 1. The Bertz CT molecular complexity index is 857. The van der Waals surface area contributed by atoms with Gasteiger partial charge in [-0.3, -0.25) is 10.1 Å². The first-order chi connectivity index (χ1) is 15.1. The Morgan fingerprint density at radius 3 is 2.90 bits per heavy atom. The van der Waals surface area contributed by atoms with Crippen LogP contribution in [0.15, 0.2) is 18.2 Å². The number of nitrogens with zero attached hydrogens (tertiary/aromatic N) is 5. The van der Waals surface area contributed by atoms with Crippen LogP contribution in [0.1, 0.15) is 62.9 Å². The molecule has 0 saturated heterocycles. The predicted octanol–water partition coefficient (Wildman–Crippen LogP) is 2.83. The van der Waals surface area contributed by atoms with Crippen molar-refractivity contribution in [2.24, 2.45) is 17.6 Å². The number of methoxy groups -OCH3 is 1. The Kier molecular flexibility index (Phi) is 8.30. The highest BCUT2D eigenvalue weighted by Crippen LogP contribution is 2.33. The third kappa shape index (κ3) is 5.76. The third-order valence-electron chi connectivity index (χ3n) is 6.11. The van der Waals surface area contributed by atoms with Crippen LogP contribution in [0.3, 0.4) is 0 Å². The fourth-order valence-electron chi connectivity index (χ4n) is 4.36. The third-order valence-corrected chi connectivity index (χ3v) is 6.11. The van der Waals surface area contributed by atoms with Crippen molar-refractivity contribution in [3.8, 4) is 5.75 Å². The van der Waals surface area contributed by atoms with Crippen molar-refractivity contribution in [2.75, 3.05) is 20.2 Å². The van der Waals surface area contributed by atoms with Crippen molar-refractivity contribution in [3.05, 3.63) is 39.7 Å². The second kappa shape index (κ2) is 11.1. The van der Waals surface area contributed by atoms with Gasteiger partial charge in [0.05, 0.1) is 18.1 Å². The first kappa shape index (κ1) is 23.1. The van der Waals surface area contributed by atoms with Gasteiger partial charge in [-0.2, -0.15) is 0 Å². The number of aryl methyl sites for hydroxylation is 1. The van der Waals surface area contributed by atoms with Gasteiger partial charge in [0.15, 0.2) is 11.6 Å². The predicted molar refractivity (Wildman–Crippen MR) is 117 cm³/mol. The zero-order valence-corrected chi connectivity index (χ0v) is 18.4. The molecule has 0 bridgehead atoms. The molecule has 1 aliphatic carbocycles. The quantitative estimate of drug-likeness (QED) is 0.410. The minimum Gasteiger partial charge on any atom is -0.490 e. The molecule has 1 heterocycles. The number of nitrogens with two attached hydrogens (primary N) is 1. The molecule has 3 atom stereocenters. The number of unbranched alkanes of at least 4 members (excludes halogenated alkanes) is 1. The normalized spacial score (nSPS) is 19.8. The molecular weight excluding hydrogens is 398 g/mol. The van der Waals surface area contributed by atoms with Crippen molar-refractivity contribution in [1.29, 1.82) is 0 Å². The second-order valence-electron chi connectivity index (χ2n) is 8.28. The van der Waals surface area contributed by atoms with Crippen LogP contribution in [-0.2, 0) is 6.54 Å². The van der Waals surface area contributed by atoms with E-state index in [1.807, 2.05) is 6.07 Å². The maximum atomic E-state index is 11.6. The number of hydrogen-bond donors (Lipinski definition) is 2. The van der Waals surface area contributed by atoms with Crippen LogP contribution < -0.4 is 15.8 Å². The average Bonchev–Trinajstić information content (AvgIpc) is 3.26. The molecular formula is C21H33N7O3. The summed E-state index contributed by atoms with van der Waals surface area (Å²) < 4.78 is 6.96. The first-order valence-electron chi connectivity index (χ1n) is 11.1. The minimum atomic E-state index is -0.424. The zero-order valence-electron chi connectivity index (χ0n) is 18.4. The Balaban J connectivity index is 1.89. The number of aromatic nitrogens is 4. The molecule has 10 heteroatoms. The van der Waals surface area contributed by atoms with E-state index >= 15 is 0 Å². The molecule has 10 nitrogen and oxygen atoms in total. The lowest BCUT2D eigenvalue weighted by Crippen LogP contribution is -2.33. The van der Waals surface area contributed by atoms with Gasteiger partial charge in [0.1, 0.15) is 0 Å². The van der Waals surface area contributed by atoms with Gasteiger partial charge in [-0.25, -0.2) is 4.68 Å². The highest BCUT2D eigenvalue weighted by Gasteiger charge is 2.27. The van der Waals surface area contributed by atoms with E-state index in [1.54, 1.807) is 16.8 Å². The monoisotopic (exact) mass is 431 g/mol.